The Labute approximate surface area is 205 Å². The van der Waals surface area contributed by atoms with E-state index in [0.717, 1.165) is 12.1 Å². The zero-order chi connectivity index (χ0) is 27.4. The van der Waals surface area contributed by atoms with Crippen molar-refractivity contribution >= 4 is 17.4 Å². The predicted molar refractivity (Wildman–Crippen MR) is 113 cm³/mol. The van der Waals surface area contributed by atoms with Crippen LogP contribution in [0, 0.1) is 0 Å². The molecule has 0 aliphatic carbocycles. The highest BCUT2D eigenvalue weighted by molar-refractivity contribution is 5.92. The van der Waals surface area contributed by atoms with E-state index in [-0.39, 0.29) is 12.4 Å². The fourth-order valence-electron chi connectivity index (χ4n) is 3.68. The molecule has 1 fully saturated rings. The van der Waals surface area contributed by atoms with Gasteiger partial charge in [-0.05, 0) is 49.2 Å². The highest BCUT2D eigenvalue weighted by Crippen LogP contribution is 2.31. The number of nitrogens with zero attached hydrogens (tertiary/aromatic N) is 1. The van der Waals surface area contributed by atoms with Crippen LogP contribution in [-0.2, 0) is 15.7 Å². The Morgan fingerprint density at radius 2 is 1.65 bits per heavy atom. The molecule has 0 spiro atoms. The predicted octanol–water partition coefficient (Wildman–Crippen LogP) is 2.01. The van der Waals surface area contributed by atoms with Crippen molar-refractivity contribution in [1.29, 1.82) is 0 Å². The second kappa shape index (κ2) is 10.8. The van der Waals surface area contributed by atoms with Gasteiger partial charge in [0.05, 0.1) is 23.9 Å². The van der Waals surface area contributed by atoms with Gasteiger partial charge in [-0.2, -0.15) is 30.7 Å². The Morgan fingerprint density at radius 1 is 1.05 bits per heavy atom. The molecule has 200 valence electrons. The minimum Gasteiger partial charge on any atom is -0.542 e. The maximum absolute atomic E-state index is 13.1. The molecule has 8 nitrogen and oxygen atoms in total. The number of aliphatic hydroxyl groups is 1. The number of alkyl halides is 6. The number of nitrogens with one attached hydrogen (secondary N) is 2. The van der Waals surface area contributed by atoms with Gasteiger partial charge in [-0.3, -0.25) is 4.79 Å². The molecule has 1 saturated heterocycles. The van der Waals surface area contributed by atoms with Crippen LogP contribution in [0.3, 0.4) is 0 Å². The van der Waals surface area contributed by atoms with Crippen molar-refractivity contribution in [1.82, 2.24) is 10.3 Å². The van der Waals surface area contributed by atoms with E-state index < -0.39 is 35.3 Å². The molecule has 2 aromatic heterocycles. The number of aliphatic carboxylic acids is 1. The molecule has 0 unspecified atom stereocenters. The Kier molecular flexibility index (Phi) is 8.12. The first-order valence-corrected chi connectivity index (χ1v) is 10.8. The number of amides is 1. The van der Waals surface area contributed by atoms with Crippen LogP contribution in [0.4, 0.5) is 26.3 Å². The Morgan fingerprint density at radius 3 is 2.16 bits per heavy atom. The summed E-state index contributed by atoms with van der Waals surface area (Å²) in [7, 11) is 0. The molecule has 14 heteroatoms. The largest absolute Gasteiger partial charge is 0.542 e. The van der Waals surface area contributed by atoms with Crippen LogP contribution in [0.2, 0.25) is 0 Å². The second-order valence-electron chi connectivity index (χ2n) is 8.17. The van der Waals surface area contributed by atoms with Crippen LogP contribution in [0.1, 0.15) is 29.0 Å². The number of rotatable bonds is 4. The summed E-state index contributed by atoms with van der Waals surface area (Å²) in [4.78, 5) is 24.9. The lowest BCUT2D eigenvalue weighted by atomic mass is 9.91. The maximum Gasteiger partial charge on any atom is 0.430 e. The number of H-pyrrole nitrogens is 1. The quantitative estimate of drug-likeness (QED) is 0.350. The number of hydrogen-bond acceptors (Lipinski definition) is 5. The van der Waals surface area contributed by atoms with Crippen LogP contribution >= 0.6 is 0 Å². The normalized spacial score (nSPS) is 15.5. The third-order valence-electron chi connectivity index (χ3n) is 5.68. The number of hydrogen-bond donors (Lipinski definition) is 3. The lowest BCUT2D eigenvalue weighted by Crippen LogP contribution is -2.55. The first kappa shape index (κ1) is 27.9. The van der Waals surface area contributed by atoms with E-state index in [4.69, 9.17) is 14.6 Å². The van der Waals surface area contributed by atoms with E-state index >= 15 is 0 Å². The zero-order valence-electron chi connectivity index (χ0n) is 18.9. The van der Waals surface area contributed by atoms with E-state index in [2.05, 4.69) is 10.3 Å². The smallest absolute Gasteiger partial charge is 0.430 e. The zero-order valence-corrected chi connectivity index (χ0v) is 18.9. The number of aromatic amines is 1. The average Bonchev–Trinajstić information content (AvgIpc) is 3.24. The van der Waals surface area contributed by atoms with Gasteiger partial charge in [-0.1, -0.05) is 6.07 Å². The van der Waals surface area contributed by atoms with Gasteiger partial charge >= 0.3 is 24.1 Å². The lowest BCUT2D eigenvalue weighted by Gasteiger charge is -2.35. The van der Waals surface area contributed by atoms with Crippen LogP contribution < -0.4 is 14.8 Å². The molecule has 37 heavy (non-hydrogen) atoms. The molecule has 1 amide bonds. The number of carbonyl (C=O) groups is 2. The number of aromatic nitrogens is 2. The van der Waals surface area contributed by atoms with Crippen molar-refractivity contribution in [3.63, 3.8) is 0 Å². The average molecular weight is 533 g/mol. The maximum atomic E-state index is 13.1. The third kappa shape index (κ3) is 6.57. The highest BCUT2D eigenvalue weighted by atomic mass is 19.4. The number of ether oxygens (including phenoxy) is 1. The van der Waals surface area contributed by atoms with E-state index in [1.54, 1.807) is 28.8 Å². The van der Waals surface area contributed by atoms with Gasteiger partial charge in [0.2, 0.25) is 0 Å². The number of imidazole rings is 1. The molecule has 0 atom stereocenters. The number of carboxylic acid groups (broad SMARTS) is 1. The van der Waals surface area contributed by atoms with Gasteiger partial charge < -0.3 is 25.1 Å². The first-order chi connectivity index (χ1) is 17.3. The van der Waals surface area contributed by atoms with Gasteiger partial charge in [0, 0.05) is 18.8 Å². The van der Waals surface area contributed by atoms with Crippen molar-refractivity contribution in [3.8, 4) is 11.3 Å². The molecule has 3 aromatic rings. The molecular formula is C23H21F6N3O5. The fraction of sp³-hybridized carbons (Fsp3) is 0.348. The molecule has 1 aliphatic rings. The highest BCUT2D eigenvalue weighted by Gasteiger charge is 2.37. The standard InChI is InChI=1S/C21H20F3N3O3.C2HF3O2/c22-21(23,24)15-6-4-14(5-7-15)17-16-3-1-2-10-27(16)18(25-17)19(29)26-20(13-28)8-11-30-12-9-20;3-2(4,5)1(6)7/h1-7,10,28H,8-9,11-13H2,(H,26,29);(H,6,7). The van der Waals surface area contributed by atoms with Gasteiger partial charge in [-0.15, -0.1) is 0 Å². The van der Waals surface area contributed by atoms with Crippen molar-refractivity contribution in [2.24, 2.45) is 0 Å². The van der Waals surface area contributed by atoms with E-state index in [1.807, 2.05) is 0 Å². The number of fused-ring (bicyclic) bond motifs is 1. The van der Waals surface area contributed by atoms with Crippen molar-refractivity contribution in [3.05, 3.63) is 60.0 Å². The summed E-state index contributed by atoms with van der Waals surface area (Å²) in [5.74, 6) is -3.20. The summed E-state index contributed by atoms with van der Waals surface area (Å²) in [6.07, 6.45) is -6.93. The summed E-state index contributed by atoms with van der Waals surface area (Å²) in [6, 6.07) is 10.1. The van der Waals surface area contributed by atoms with Crippen molar-refractivity contribution in [2.45, 2.75) is 30.7 Å². The van der Waals surface area contributed by atoms with Crippen molar-refractivity contribution < 1.29 is 55.3 Å². The molecule has 1 aromatic carbocycles. The molecule has 3 N–H and O–H groups in total. The lowest BCUT2D eigenvalue weighted by molar-refractivity contribution is -0.514. The summed E-state index contributed by atoms with van der Waals surface area (Å²) < 4.78 is 77.2. The molecule has 1 aliphatic heterocycles. The summed E-state index contributed by atoms with van der Waals surface area (Å²) >= 11 is 0. The van der Waals surface area contributed by atoms with Crippen molar-refractivity contribution in [2.75, 3.05) is 19.8 Å². The van der Waals surface area contributed by atoms with Crippen LogP contribution in [0.25, 0.3) is 16.8 Å². The fourth-order valence-corrected chi connectivity index (χ4v) is 3.68. The molecule has 0 radical (unpaired) electrons. The van der Waals surface area contributed by atoms with Gasteiger partial charge in [0.25, 0.3) is 0 Å². The number of aliphatic hydroxyl groups excluding tert-OH is 1. The molecule has 0 bridgehead atoms. The van der Waals surface area contributed by atoms with Crippen LogP contribution in [0.5, 0.6) is 0 Å². The number of pyridine rings is 1. The minimum absolute atomic E-state index is 0.211. The van der Waals surface area contributed by atoms with Crippen LogP contribution in [0.15, 0.2) is 48.7 Å². The van der Waals surface area contributed by atoms with Gasteiger partial charge in [-0.25, -0.2) is 4.98 Å². The van der Waals surface area contributed by atoms with E-state index in [0.29, 0.717) is 42.8 Å². The molecule has 4 rings (SSSR count). The van der Waals surface area contributed by atoms with E-state index in [9.17, 15) is 36.2 Å². The van der Waals surface area contributed by atoms with Gasteiger partial charge in [0.1, 0.15) is 5.97 Å². The number of halogens is 6. The Bertz CT molecular complexity index is 1250. The Balaban J connectivity index is 0.000000479. The molecular weight excluding hydrogens is 512 g/mol. The van der Waals surface area contributed by atoms with Gasteiger partial charge in [0.15, 0.2) is 11.2 Å². The summed E-state index contributed by atoms with van der Waals surface area (Å²) in [5.41, 5.74) is 0.189. The number of benzene rings is 1. The molecule has 3 heterocycles. The topological polar surface area (TPSA) is 119 Å². The van der Waals surface area contributed by atoms with E-state index in [1.165, 1.54) is 12.1 Å². The first-order valence-electron chi connectivity index (χ1n) is 10.8. The SMILES string of the molecule is O=C(NC1(CO)CCOCC1)c1[nH]c(-c2ccc(C(F)(F)F)cc2)c2cccc[n+]12.O=C([O-])C(F)(F)F. The van der Waals surface area contributed by atoms with Crippen LogP contribution in [-0.4, -0.2) is 53.5 Å². The summed E-state index contributed by atoms with van der Waals surface area (Å²) in [6.45, 7) is 0.670. The third-order valence-corrected chi connectivity index (χ3v) is 5.68. The minimum atomic E-state index is -5.19. The number of carboxylic acids is 1. The number of carbonyl (C=O) groups excluding carboxylic acids is 2. The summed E-state index contributed by atoms with van der Waals surface area (Å²) in [5, 5.41) is 21.5. The second-order valence-corrected chi connectivity index (χ2v) is 8.17. The monoisotopic (exact) mass is 533 g/mol. The Hall–Kier alpha value is -3.65. The molecule has 0 saturated carbocycles.